The van der Waals surface area contributed by atoms with Gasteiger partial charge in [0.05, 0.1) is 13.2 Å². The molecule has 8 nitrogen and oxygen atoms in total. The van der Waals surface area contributed by atoms with Gasteiger partial charge in [0.1, 0.15) is 5.75 Å². The number of urea groups is 1. The van der Waals surface area contributed by atoms with Crippen LogP contribution < -0.4 is 15.4 Å². The van der Waals surface area contributed by atoms with E-state index in [1.807, 2.05) is 29.6 Å². The van der Waals surface area contributed by atoms with E-state index in [1.165, 1.54) is 7.05 Å². The van der Waals surface area contributed by atoms with Crippen molar-refractivity contribution in [3.05, 3.63) is 29.8 Å². The van der Waals surface area contributed by atoms with Gasteiger partial charge in [0.2, 0.25) is 6.41 Å². The molecule has 0 radical (unpaired) electrons. The van der Waals surface area contributed by atoms with E-state index < -0.39 is 16.5 Å². The molecule has 0 bridgehead atoms. The Morgan fingerprint density at radius 3 is 2.44 bits per heavy atom. The molecule has 1 aliphatic rings. The van der Waals surface area contributed by atoms with Crippen molar-refractivity contribution in [2.75, 3.05) is 14.2 Å². The molecule has 2 atom stereocenters. The summed E-state index contributed by atoms with van der Waals surface area (Å²) < 4.78 is 30.3. The summed E-state index contributed by atoms with van der Waals surface area (Å²) in [6.07, 6.45) is 3.12. The number of ether oxygens (including phenoxy) is 1. The van der Waals surface area contributed by atoms with Gasteiger partial charge in [-0.05, 0) is 30.5 Å². The fraction of sp³-hybridized carbons (Fsp3) is 0.500. The van der Waals surface area contributed by atoms with Crippen molar-refractivity contribution in [1.29, 1.82) is 0 Å². The third kappa shape index (κ3) is 5.86. The molecule has 1 aromatic rings. The second-order valence-corrected chi connectivity index (χ2v) is 6.16. The molecule has 9 heteroatoms. The number of nitrogens with zero attached hydrogens (tertiary/aromatic N) is 1. The third-order valence-electron chi connectivity index (χ3n) is 4.03. The minimum Gasteiger partial charge on any atom is -0.497 e. The van der Waals surface area contributed by atoms with Gasteiger partial charge in [-0.25, -0.2) is 4.79 Å². The van der Waals surface area contributed by atoms with Gasteiger partial charge in [0, 0.05) is 12.5 Å². The second-order valence-electron chi connectivity index (χ2n) is 5.52. The fourth-order valence-corrected chi connectivity index (χ4v) is 3.23. The average molecular weight is 369 g/mol. The molecule has 2 N–H and O–H groups in total. The highest BCUT2D eigenvalue weighted by molar-refractivity contribution is 7.61. The summed E-state index contributed by atoms with van der Waals surface area (Å²) in [5.74, 6) is 0.812. The van der Waals surface area contributed by atoms with Crippen molar-refractivity contribution in [1.82, 2.24) is 10.6 Å². The van der Waals surface area contributed by atoms with E-state index in [1.54, 1.807) is 7.11 Å². The van der Waals surface area contributed by atoms with Crippen LogP contribution in [0, 0.1) is 0 Å². The van der Waals surface area contributed by atoms with Crippen molar-refractivity contribution in [2.24, 2.45) is 4.36 Å². The van der Waals surface area contributed by atoms with Crippen LogP contribution in [0.1, 0.15) is 31.7 Å². The van der Waals surface area contributed by atoms with Crippen LogP contribution in [0.4, 0.5) is 4.79 Å². The maximum absolute atomic E-state index is 10.7. The molecular formula is C16H23N3O5S. The molecule has 2 unspecified atom stereocenters. The van der Waals surface area contributed by atoms with E-state index in [4.69, 9.17) is 4.74 Å². The highest BCUT2D eigenvalue weighted by Gasteiger charge is 2.55. The van der Waals surface area contributed by atoms with Crippen LogP contribution in [0.25, 0.3) is 0 Å². The Morgan fingerprint density at radius 1 is 1.40 bits per heavy atom. The number of methoxy groups -OCH3 is 1. The molecule has 25 heavy (non-hydrogen) atoms. The molecule has 1 aliphatic carbocycles. The normalized spacial score (nSPS) is 20.4. The topological polar surface area (TPSA) is 114 Å². The molecule has 1 aromatic carbocycles. The Bertz CT molecular complexity index is 710. The molecule has 138 valence electrons. The van der Waals surface area contributed by atoms with Gasteiger partial charge in [-0.1, -0.05) is 25.5 Å². The number of hydrogen-bond acceptors (Lipinski definition) is 6. The lowest BCUT2D eigenvalue weighted by atomic mass is 9.90. The summed E-state index contributed by atoms with van der Waals surface area (Å²) in [6, 6.07) is 7.27. The zero-order valence-corrected chi connectivity index (χ0v) is 15.3. The monoisotopic (exact) mass is 369 g/mol. The standard InChI is InChI=1S/C13H17NO3S.C3H6N2O2/c1-3-8-13(9-12(13)14-18(15)16)10-4-6-11(17-2)7-5-10;1-4-3(7)5-2-6/h4-7,12H,3,8-9H2,1-2H3;2H,1H3,(H2,4,5,6,7). The van der Waals surface area contributed by atoms with Gasteiger partial charge in [0.15, 0.2) is 0 Å². The summed E-state index contributed by atoms with van der Waals surface area (Å²) >= 11 is 0. The van der Waals surface area contributed by atoms with Gasteiger partial charge in [0.25, 0.3) is 0 Å². The first kappa shape index (κ1) is 20.6. The SMILES string of the molecule is CCCC1(c2ccc(OC)cc2)CC1N=S(=O)=O.CNC(=O)NC=O. The number of amides is 3. The van der Waals surface area contributed by atoms with Crippen LogP contribution in [-0.4, -0.2) is 41.1 Å². The molecule has 1 saturated carbocycles. The molecule has 0 aromatic heterocycles. The highest BCUT2D eigenvalue weighted by Crippen LogP contribution is 2.54. The molecule has 0 aliphatic heterocycles. The van der Waals surface area contributed by atoms with Gasteiger partial charge in [-0.2, -0.15) is 12.8 Å². The first-order chi connectivity index (χ1) is 11.9. The van der Waals surface area contributed by atoms with E-state index >= 15 is 0 Å². The summed E-state index contributed by atoms with van der Waals surface area (Å²) in [4.78, 5) is 19.4. The Morgan fingerprint density at radius 2 is 2.04 bits per heavy atom. The minimum absolute atomic E-state index is 0.0823. The Labute approximate surface area is 148 Å². The van der Waals surface area contributed by atoms with Crippen molar-refractivity contribution >= 4 is 22.9 Å². The van der Waals surface area contributed by atoms with Crippen LogP contribution in [0.5, 0.6) is 5.75 Å². The van der Waals surface area contributed by atoms with Crippen molar-refractivity contribution in [3.63, 3.8) is 0 Å². The van der Waals surface area contributed by atoms with E-state index in [2.05, 4.69) is 16.6 Å². The Kier molecular flexibility index (Phi) is 8.06. The van der Waals surface area contributed by atoms with E-state index in [0.717, 1.165) is 30.6 Å². The second kappa shape index (κ2) is 9.77. The van der Waals surface area contributed by atoms with E-state index in [0.29, 0.717) is 6.41 Å². The number of rotatable bonds is 6. The van der Waals surface area contributed by atoms with Gasteiger partial charge >= 0.3 is 16.5 Å². The number of nitrogens with one attached hydrogen (secondary N) is 2. The lowest BCUT2D eigenvalue weighted by Gasteiger charge is -2.15. The summed E-state index contributed by atoms with van der Waals surface area (Å²) in [5, 5.41) is 4.05. The van der Waals surface area contributed by atoms with Crippen molar-refractivity contribution in [3.8, 4) is 5.75 Å². The molecular weight excluding hydrogens is 346 g/mol. The number of hydrogen-bond donors (Lipinski definition) is 2. The largest absolute Gasteiger partial charge is 0.497 e. The maximum Gasteiger partial charge on any atom is 0.320 e. The summed E-state index contributed by atoms with van der Waals surface area (Å²) in [7, 11) is 0.748. The highest BCUT2D eigenvalue weighted by atomic mass is 32.2. The van der Waals surface area contributed by atoms with Gasteiger partial charge in [-0.3, -0.25) is 10.1 Å². The predicted octanol–water partition coefficient (Wildman–Crippen LogP) is 1.64. The number of carbonyl (C=O) groups is 2. The summed E-state index contributed by atoms with van der Waals surface area (Å²) in [5.41, 5.74) is 1.07. The minimum atomic E-state index is -2.31. The Hall–Kier alpha value is -2.42. The maximum atomic E-state index is 10.7. The molecule has 0 saturated heterocycles. The first-order valence-electron chi connectivity index (χ1n) is 7.80. The predicted molar refractivity (Wildman–Crippen MR) is 93.0 cm³/mol. The first-order valence-corrected chi connectivity index (χ1v) is 8.83. The smallest absolute Gasteiger partial charge is 0.320 e. The zero-order chi connectivity index (χ0) is 18.9. The van der Waals surface area contributed by atoms with Gasteiger partial charge < -0.3 is 10.1 Å². The molecule has 1 fully saturated rings. The molecule has 3 amide bonds. The van der Waals surface area contributed by atoms with Gasteiger partial charge in [-0.15, -0.1) is 0 Å². The van der Waals surface area contributed by atoms with Crippen LogP contribution in [0.2, 0.25) is 0 Å². The number of carbonyl (C=O) groups excluding carboxylic acids is 2. The van der Waals surface area contributed by atoms with Crippen LogP contribution in [0.3, 0.4) is 0 Å². The fourth-order valence-electron chi connectivity index (χ4n) is 2.75. The number of benzene rings is 1. The van der Waals surface area contributed by atoms with Crippen LogP contribution >= 0.6 is 0 Å². The lowest BCUT2D eigenvalue weighted by molar-refractivity contribution is -0.108. The van der Waals surface area contributed by atoms with Crippen molar-refractivity contribution < 1.29 is 22.7 Å². The average Bonchev–Trinajstić information content (AvgIpc) is 3.28. The van der Waals surface area contributed by atoms with Crippen LogP contribution in [-0.2, 0) is 20.7 Å². The van der Waals surface area contributed by atoms with Crippen molar-refractivity contribution in [2.45, 2.75) is 37.6 Å². The van der Waals surface area contributed by atoms with E-state index in [-0.39, 0.29) is 11.5 Å². The molecule has 2 rings (SSSR count). The third-order valence-corrected chi connectivity index (χ3v) is 4.45. The quantitative estimate of drug-likeness (QED) is 0.740. The van der Waals surface area contributed by atoms with Crippen LogP contribution in [0.15, 0.2) is 28.6 Å². The zero-order valence-electron chi connectivity index (χ0n) is 14.5. The molecule has 0 heterocycles. The van der Waals surface area contributed by atoms with E-state index in [9.17, 15) is 18.0 Å². The lowest BCUT2D eigenvalue weighted by Crippen LogP contribution is -2.31. The number of imide groups is 1. The summed E-state index contributed by atoms with van der Waals surface area (Å²) in [6.45, 7) is 2.11. The Balaban J connectivity index is 0.000000381. The molecule has 0 spiro atoms.